The van der Waals surface area contributed by atoms with Crippen molar-refractivity contribution in [2.75, 3.05) is 33.3 Å². The second kappa shape index (κ2) is 10.1. The predicted octanol–water partition coefficient (Wildman–Crippen LogP) is 3.28. The van der Waals surface area contributed by atoms with E-state index in [4.69, 9.17) is 9.15 Å². The van der Waals surface area contributed by atoms with Crippen LogP contribution in [0.3, 0.4) is 0 Å². The topological polar surface area (TPSA) is 67.6 Å². The molecule has 1 saturated heterocycles. The lowest BCUT2D eigenvalue weighted by Gasteiger charge is -2.19. The molecule has 6 heteroatoms. The molecule has 3 rings (SSSR count). The van der Waals surface area contributed by atoms with E-state index in [0.29, 0.717) is 31.0 Å². The highest BCUT2D eigenvalue weighted by Gasteiger charge is 2.11. The Morgan fingerprint density at radius 2 is 1.93 bits per heavy atom. The summed E-state index contributed by atoms with van der Waals surface area (Å²) in [5, 5.41) is 3.01. The van der Waals surface area contributed by atoms with Crippen LogP contribution in [0.25, 0.3) is 11.3 Å². The molecule has 1 aromatic heterocycles. The zero-order valence-electron chi connectivity index (χ0n) is 16.1. The van der Waals surface area contributed by atoms with Gasteiger partial charge in [-0.15, -0.1) is 0 Å². The molecule has 6 nitrogen and oxygen atoms in total. The van der Waals surface area contributed by atoms with Crippen molar-refractivity contribution < 1.29 is 13.9 Å². The van der Waals surface area contributed by atoms with Gasteiger partial charge in [-0.05, 0) is 50.2 Å². The van der Waals surface area contributed by atoms with Gasteiger partial charge in [0.15, 0.2) is 11.7 Å². The predicted molar refractivity (Wildman–Crippen MR) is 105 cm³/mol. The number of carbonyl (C=O) groups is 1. The lowest BCUT2D eigenvalue weighted by Crippen LogP contribution is -2.35. The highest BCUT2D eigenvalue weighted by molar-refractivity contribution is 5.76. The van der Waals surface area contributed by atoms with Crippen LogP contribution in [-0.4, -0.2) is 49.1 Å². The second-order valence-corrected chi connectivity index (χ2v) is 6.95. The number of hydrogen-bond donors (Lipinski definition) is 1. The Balaban J connectivity index is 1.39. The van der Waals surface area contributed by atoms with Crippen LogP contribution in [0.15, 0.2) is 34.9 Å². The number of methoxy groups -OCH3 is 1. The van der Waals surface area contributed by atoms with Gasteiger partial charge >= 0.3 is 0 Å². The van der Waals surface area contributed by atoms with E-state index in [1.165, 1.54) is 25.7 Å². The first-order chi connectivity index (χ1) is 13.2. The number of benzene rings is 1. The Morgan fingerprint density at radius 3 is 2.63 bits per heavy atom. The molecule has 0 saturated carbocycles. The third-order valence-corrected chi connectivity index (χ3v) is 4.94. The quantitative estimate of drug-likeness (QED) is 0.771. The van der Waals surface area contributed by atoms with Crippen LogP contribution >= 0.6 is 0 Å². The van der Waals surface area contributed by atoms with E-state index in [-0.39, 0.29) is 5.91 Å². The summed E-state index contributed by atoms with van der Waals surface area (Å²) in [5.41, 5.74) is 0.941. The number of aryl methyl sites for hydroxylation is 1. The summed E-state index contributed by atoms with van der Waals surface area (Å²) < 4.78 is 10.9. The van der Waals surface area contributed by atoms with Crippen LogP contribution in [0.4, 0.5) is 0 Å². The number of nitrogens with one attached hydrogen (secondary N) is 1. The number of likely N-dealkylation sites (tertiary alicyclic amines) is 1. The van der Waals surface area contributed by atoms with Crippen molar-refractivity contribution in [1.82, 2.24) is 15.2 Å². The standard InChI is InChI=1S/C21H29N3O3/c1-26-18-8-6-17(7-9-18)19-16-23-21(27-19)11-10-20(25)22-12-15-24-13-4-2-3-5-14-24/h6-9,16H,2-5,10-15H2,1H3,(H,22,25). The number of ether oxygens (including phenoxy) is 1. The zero-order valence-corrected chi connectivity index (χ0v) is 16.1. The molecule has 0 spiro atoms. The molecule has 1 aliphatic rings. The molecular weight excluding hydrogens is 342 g/mol. The highest BCUT2D eigenvalue weighted by atomic mass is 16.5. The van der Waals surface area contributed by atoms with Gasteiger partial charge in [-0.2, -0.15) is 0 Å². The van der Waals surface area contributed by atoms with Crippen molar-refractivity contribution in [1.29, 1.82) is 0 Å². The number of amides is 1. The van der Waals surface area contributed by atoms with Crippen LogP contribution in [0.1, 0.15) is 38.0 Å². The molecule has 0 radical (unpaired) electrons. The van der Waals surface area contributed by atoms with E-state index in [1.54, 1.807) is 13.3 Å². The molecule has 0 unspecified atom stereocenters. The molecule has 146 valence electrons. The largest absolute Gasteiger partial charge is 0.497 e. The summed E-state index contributed by atoms with van der Waals surface area (Å²) in [6.45, 7) is 3.95. The summed E-state index contributed by atoms with van der Waals surface area (Å²) >= 11 is 0. The Morgan fingerprint density at radius 1 is 1.19 bits per heavy atom. The first kappa shape index (κ1) is 19.4. The number of rotatable bonds is 8. The van der Waals surface area contributed by atoms with E-state index in [9.17, 15) is 4.79 Å². The van der Waals surface area contributed by atoms with Crippen molar-refractivity contribution in [3.63, 3.8) is 0 Å². The summed E-state index contributed by atoms with van der Waals surface area (Å²) in [6.07, 6.45) is 7.81. The summed E-state index contributed by atoms with van der Waals surface area (Å²) in [7, 11) is 1.64. The fourth-order valence-electron chi connectivity index (χ4n) is 3.34. The van der Waals surface area contributed by atoms with Crippen LogP contribution < -0.4 is 10.1 Å². The van der Waals surface area contributed by atoms with Crippen LogP contribution in [0, 0.1) is 0 Å². The molecule has 2 aromatic rings. The minimum absolute atomic E-state index is 0.0500. The van der Waals surface area contributed by atoms with Gasteiger partial charge in [0.05, 0.1) is 13.3 Å². The summed E-state index contributed by atoms with van der Waals surface area (Å²) in [5.74, 6) is 2.14. The van der Waals surface area contributed by atoms with Gasteiger partial charge in [0.1, 0.15) is 5.75 Å². The zero-order chi connectivity index (χ0) is 18.9. The van der Waals surface area contributed by atoms with Crippen LogP contribution in [-0.2, 0) is 11.2 Å². The highest BCUT2D eigenvalue weighted by Crippen LogP contribution is 2.23. The van der Waals surface area contributed by atoms with Crippen LogP contribution in [0.2, 0.25) is 0 Å². The summed E-state index contributed by atoms with van der Waals surface area (Å²) in [6, 6.07) is 7.63. The summed E-state index contributed by atoms with van der Waals surface area (Å²) in [4.78, 5) is 18.8. The van der Waals surface area contributed by atoms with Gasteiger partial charge in [0, 0.05) is 31.5 Å². The molecular formula is C21H29N3O3. The van der Waals surface area contributed by atoms with Gasteiger partial charge in [0.25, 0.3) is 0 Å². The third kappa shape index (κ3) is 6.10. The van der Waals surface area contributed by atoms with Gasteiger partial charge in [-0.1, -0.05) is 12.8 Å². The molecule has 1 N–H and O–H groups in total. The van der Waals surface area contributed by atoms with Gasteiger partial charge < -0.3 is 19.4 Å². The Hall–Kier alpha value is -2.34. The fourth-order valence-corrected chi connectivity index (χ4v) is 3.34. The molecule has 27 heavy (non-hydrogen) atoms. The van der Waals surface area contributed by atoms with E-state index in [2.05, 4.69) is 15.2 Å². The average Bonchev–Trinajstić information content (AvgIpc) is 3.02. The van der Waals surface area contributed by atoms with Crippen molar-refractivity contribution in [3.05, 3.63) is 36.4 Å². The molecule has 1 amide bonds. The maximum absolute atomic E-state index is 12.1. The van der Waals surface area contributed by atoms with E-state index >= 15 is 0 Å². The number of carbonyl (C=O) groups excluding carboxylic acids is 1. The lowest BCUT2D eigenvalue weighted by atomic mass is 10.2. The number of hydrogen-bond acceptors (Lipinski definition) is 5. The third-order valence-electron chi connectivity index (χ3n) is 4.94. The molecule has 0 bridgehead atoms. The lowest BCUT2D eigenvalue weighted by molar-refractivity contribution is -0.121. The maximum Gasteiger partial charge on any atom is 0.220 e. The van der Waals surface area contributed by atoms with E-state index in [1.807, 2.05) is 24.3 Å². The second-order valence-electron chi connectivity index (χ2n) is 6.95. The van der Waals surface area contributed by atoms with Crippen molar-refractivity contribution in [2.45, 2.75) is 38.5 Å². The normalized spacial score (nSPS) is 15.3. The van der Waals surface area contributed by atoms with Gasteiger partial charge in [0.2, 0.25) is 5.91 Å². The maximum atomic E-state index is 12.1. The Bertz CT molecular complexity index is 704. The first-order valence-electron chi connectivity index (χ1n) is 9.83. The Labute approximate surface area is 160 Å². The molecule has 2 heterocycles. The van der Waals surface area contributed by atoms with Crippen LogP contribution in [0.5, 0.6) is 5.75 Å². The SMILES string of the molecule is COc1ccc(-c2cnc(CCC(=O)NCCN3CCCCCC3)o2)cc1. The number of nitrogens with zero attached hydrogens (tertiary/aromatic N) is 2. The van der Waals surface area contributed by atoms with E-state index < -0.39 is 0 Å². The molecule has 0 aliphatic carbocycles. The van der Waals surface area contributed by atoms with Crippen molar-refractivity contribution in [2.24, 2.45) is 0 Å². The smallest absolute Gasteiger partial charge is 0.220 e. The number of oxazole rings is 1. The van der Waals surface area contributed by atoms with Crippen molar-refractivity contribution in [3.8, 4) is 17.1 Å². The monoisotopic (exact) mass is 371 g/mol. The molecule has 1 fully saturated rings. The van der Waals surface area contributed by atoms with Crippen molar-refractivity contribution >= 4 is 5.91 Å². The average molecular weight is 371 g/mol. The molecule has 1 aromatic carbocycles. The first-order valence-corrected chi connectivity index (χ1v) is 9.83. The fraction of sp³-hybridized carbons (Fsp3) is 0.524. The Kier molecular flexibility index (Phi) is 7.27. The molecule has 1 aliphatic heterocycles. The number of aromatic nitrogens is 1. The minimum atomic E-state index is 0.0500. The van der Waals surface area contributed by atoms with Gasteiger partial charge in [-0.25, -0.2) is 4.98 Å². The minimum Gasteiger partial charge on any atom is -0.497 e. The van der Waals surface area contributed by atoms with Gasteiger partial charge in [-0.3, -0.25) is 4.79 Å². The molecule has 0 atom stereocenters. The van der Waals surface area contributed by atoms with E-state index in [0.717, 1.165) is 30.9 Å².